The first-order valence-electron chi connectivity index (χ1n) is 8.26. The normalized spacial score (nSPS) is 26.7. The summed E-state index contributed by atoms with van der Waals surface area (Å²) >= 11 is 0. The first-order chi connectivity index (χ1) is 10.4. The van der Waals surface area contributed by atoms with Crippen LogP contribution in [0.2, 0.25) is 0 Å². The minimum atomic E-state index is -0.918. The van der Waals surface area contributed by atoms with Crippen molar-refractivity contribution in [3.8, 4) is 0 Å². The zero-order chi connectivity index (χ0) is 16.5. The van der Waals surface area contributed by atoms with E-state index < -0.39 is 11.9 Å². The molecule has 6 nitrogen and oxygen atoms in total. The number of carbonyl (C=O) groups is 2. The van der Waals surface area contributed by atoms with E-state index in [0.717, 1.165) is 51.9 Å². The summed E-state index contributed by atoms with van der Waals surface area (Å²) in [5.41, 5.74) is 0. The van der Waals surface area contributed by atoms with Gasteiger partial charge >= 0.3 is 19.5 Å². The molecule has 0 spiro atoms. The smallest absolute Gasteiger partial charge is 0.550 e. The van der Waals surface area contributed by atoms with Gasteiger partial charge in [-0.3, -0.25) is 0 Å². The second-order valence-electron chi connectivity index (χ2n) is 6.43. The van der Waals surface area contributed by atoms with Gasteiger partial charge in [0.1, 0.15) is 0 Å². The molecule has 0 aromatic rings. The molecule has 7 heteroatoms. The van der Waals surface area contributed by atoms with Crippen LogP contribution in [0.4, 0.5) is 0 Å². The summed E-state index contributed by atoms with van der Waals surface area (Å²) in [6, 6.07) is 0. The monoisotopic (exact) mass is 376 g/mol. The van der Waals surface area contributed by atoms with E-state index in [-0.39, 0.29) is 43.1 Å². The minimum Gasteiger partial charge on any atom is -0.550 e. The van der Waals surface area contributed by atoms with Crippen molar-refractivity contribution in [2.45, 2.75) is 39.5 Å². The van der Waals surface area contributed by atoms with Gasteiger partial charge in [0.2, 0.25) is 0 Å². The molecule has 0 aromatic carbocycles. The number of nitrogens with one attached hydrogen (secondary N) is 2. The van der Waals surface area contributed by atoms with E-state index in [9.17, 15) is 19.8 Å². The SMILES string of the molecule is CC(C(=O)[O-])C1CCCNC1.CC(C(=O)[O-])C1CCCNC1.[Zn+2]. The number of piperidine rings is 2. The van der Waals surface area contributed by atoms with Crippen molar-refractivity contribution >= 4 is 11.9 Å². The second kappa shape index (κ2) is 11.9. The molecular weight excluding hydrogens is 350 g/mol. The molecule has 0 amide bonds. The fourth-order valence-electron chi connectivity index (χ4n) is 3.00. The number of rotatable bonds is 4. The number of carboxylic acids is 2. The second-order valence-corrected chi connectivity index (χ2v) is 6.43. The molecule has 2 saturated heterocycles. The molecule has 2 rings (SSSR count). The third-order valence-corrected chi connectivity index (χ3v) is 4.83. The summed E-state index contributed by atoms with van der Waals surface area (Å²) < 4.78 is 0. The van der Waals surface area contributed by atoms with Crippen LogP contribution in [0.3, 0.4) is 0 Å². The number of hydrogen-bond donors (Lipinski definition) is 2. The number of hydrogen-bond acceptors (Lipinski definition) is 6. The zero-order valence-corrected chi connectivity index (χ0v) is 17.3. The third kappa shape index (κ3) is 8.23. The van der Waals surface area contributed by atoms with E-state index in [1.165, 1.54) is 0 Å². The molecule has 0 saturated carbocycles. The third-order valence-electron chi connectivity index (χ3n) is 4.83. The van der Waals surface area contributed by atoms with E-state index in [4.69, 9.17) is 0 Å². The number of carbonyl (C=O) groups excluding carboxylic acids is 2. The summed E-state index contributed by atoms with van der Waals surface area (Å²) in [6.45, 7) is 7.16. The van der Waals surface area contributed by atoms with Crippen molar-refractivity contribution in [2.75, 3.05) is 26.2 Å². The number of aliphatic carboxylic acids is 2. The summed E-state index contributed by atoms with van der Waals surface area (Å²) in [7, 11) is 0. The molecule has 2 fully saturated rings. The standard InChI is InChI=1S/2C8H15NO2.Zn/c2*1-6(8(10)11)7-3-2-4-9-5-7;/h2*6-7,9H,2-5H2,1H3,(H,10,11);/q;;+2/p-2. The Balaban J connectivity index is 0.000000403. The summed E-state index contributed by atoms with van der Waals surface area (Å²) in [5.74, 6) is -1.90. The fraction of sp³-hybridized carbons (Fsp3) is 0.875. The zero-order valence-electron chi connectivity index (χ0n) is 14.3. The van der Waals surface area contributed by atoms with Gasteiger partial charge in [0.05, 0.1) is 0 Å². The molecule has 0 aliphatic carbocycles. The van der Waals surface area contributed by atoms with Crippen molar-refractivity contribution in [3.05, 3.63) is 0 Å². The number of carboxylic acid groups (broad SMARTS) is 2. The molecule has 0 bridgehead atoms. The van der Waals surface area contributed by atoms with Gasteiger partial charge in [0, 0.05) is 11.9 Å². The molecule has 0 aromatic heterocycles. The van der Waals surface area contributed by atoms with Gasteiger partial charge in [-0.2, -0.15) is 0 Å². The minimum absolute atomic E-state index is 0. The Labute approximate surface area is 151 Å². The maximum absolute atomic E-state index is 10.5. The van der Waals surface area contributed by atoms with Gasteiger partial charge in [-0.05, 0) is 75.5 Å². The van der Waals surface area contributed by atoms with E-state index in [0.29, 0.717) is 0 Å². The van der Waals surface area contributed by atoms with Crippen LogP contribution in [-0.2, 0) is 29.1 Å². The quantitative estimate of drug-likeness (QED) is 0.593. The molecule has 2 aliphatic heterocycles. The maximum Gasteiger partial charge on any atom is 2.00 e. The predicted octanol–water partition coefficient (Wildman–Crippen LogP) is -1.26. The Hall–Kier alpha value is -0.517. The topological polar surface area (TPSA) is 104 Å². The predicted molar refractivity (Wildman–Crippen MR) is 79.5 cm³/mol. The van der Waals surface area contributed by atoms with Gasteiger partial charge in [0.25, 0.3) is 0 Å². The van der Waals surface area contributed by atoms with Crippen molar-refractivity contribution < 1.29 is 39.3 Å². The molecular formula is C16H28N2O4Zn. The van der Waals surface area contributed by atoms with Crippen LogP contribution >= 0.6 is 0 Å². The first-order valence-corrected chi connectivity index (χ1v) is 8.26. The maximum atomic E-state index is 10.5. The molecule has 128 valence electrons. The van der Waals surface area contributed by atoms with Crippen molar-refractivity contribution in [1.29, 1.82) is 0 Å². The van der Waals surface area contributed by atoms with Crippen molar-refractivity contribution in [1.82, 2.24) is 10.6 Å². The van der Waals surface area contributed by atoms with Gasteiger partial charge in [-0.15, -0.1) is 0 Å². The molecule has 4 atom stereocenters. The van der Waals surface area contributed by atoms with Crippen LogP contribution in [0.25, 0.3) is 0 Å². The average molecular weight is 378 g/mol. The van der Waals surface area contributed by atoms with Crippen LogP contribution < -0.4 is 20.8 Å². The van der Waals surface area contributed by atoms with E-state index >= 15 is 0 Å². The van der Waals surface area contributed by atoms with Gasteiger partial charge in [-0.1, -0.05) is 13.8 Å². The van der Waals surface area contributed by atoms with Gasteiger partial charge < -0.3 is 30.4 Å². The molecule has 2 heterocycles. The largest absolute Gasteiger partial charge is 2.00 e. The van der Waals surface area contributed by atoms with Crippen LogP contribution in [0.1, 0.15) is 39.5 Å². The first kappa shape index (κ1) is 22.5. The van der Waals surface area contributed by atoms with Gasteiger partial charge in [0.15, 0.2) is 0 Å². The molecule has 2 N–H and O–H groups in total. The fourth-order valence-corrected chi connectivity index (χ4v) is 3.00. The van der Waals surface area contributed by atoms with Gasteiger partial charge in [-0.25, -0.2) is 0 Å². The Morgan fingerprint density at radius 1 is 0.870 bits per heavy atom. The van der Waals surface area contributed by atoms with Crippen molar-refractivity contribution in [2.24, 2.45) is 23.7 Å². The summed E-state index contributed by atoms with van der Waals surface area (Å²) in [5, 5.41) is 27.3. The van der Waals surface area contributed by atoms with E-state index in [2.05, 4.69) is 10.6 Å². The molecule has 23 heavy (non-hydrogen) atoms. The van der Waals surface area contributed by atoms with Crippen molar-refractivity contribution in [3.63, 3.8) is 0 Å². The average Bonchev–Trinajstić information content (AvgIpc) is 2.55. The summed E-state index contributed by atoms with van der Waals surface area (Å²) in [4.78, 5) is 20.9. The van der Waals surface area contributed by atoms with Crippen LogP contribution in [0.5, 0.6) is 0 Å². The summed E-state index contributed by atoms with van der Waals surface area (Å²) in [6.07, 6.45) is 4.20. The van der Waals surface area contributed by atoms with Crippen LogP contribution in [0, 0.1) is 23.7 Å². The molecule has 2 aliphatic rings. The Bertz CT molecular complexity index is 322. The Morgan fingerprint density at radius 2 is 1.22 bits per heavy atom. The Kier molecular flexibility index (Phi) is 11.7. The molecule has 0 radical (unpaired) electrons. The van der Waals surface area contributed by atoms with Crippen LogP contribution in [0.15, 0.2) is 0 Å². The van der Waals surface area contributed by atoms with Crippen LogP contribution in [-0.4, -0.2) is 38.1 Å². The van der Waals surface area contributed by atoms with E-state index in [1.54, 1.807) is 13.8 Å². The Morgan fingerprint density at radius 3 is 1.43 bits per heavy atom. The molecule has 4 unspecified atom stereocenters. The van der Waals surface area contributed by atoms with E-state index in [1.807, 2.05) is 0 Å².